The number of aryl methyl sites for hydroxylation is 3. The van der Waals surface area contributed by atoms with E-state index < -0.39 is 10.0 Å². The highest BCUT2D eigenvalue weighted by Crippen LogP contribution is 2.23. The molecule has 1 heterocycles. The van der Waals surface area contributed by atoms with Crippen LogP contribution in [0.2, 0.25) is 0 Å². The van der Waals surface area contributed by atoms with Gasteiger partial charge >= 0.3 is 0 Å². The van der Waals surface area contributed by atoms with E-state index in [0.29, 0.717) is 18.0 Å². The molecule has 6 heteroatoms. The zero-order valence-corrected chi connectivity index (χ0v) is 13.6. The summed E-state index contributed by atoms with van der Waals surface area (Å²) < 4.78 is 31.5. The van der Waals surface area contributed by atoms with Crippen LogP contribution < -0.4 is 0 Å². The van der Waals surface area contributed by atoms with Crippen LogP contribution in [0.15, 0.2) is 33.7 Å². The first-order chi connectivity index (χ1) is 9.86. The molecule has 0 aliphatic carbocycles. The predicted molar refractivity (Wildman–Crippen MR) is 80.4 cm³/mol. The van der Waals surface area contributed by atoms with Crippen molar-refractivity contribution in [1.29, 1.82) is 0 Å². The van der Waals surface area contributed by atoms with Gasteiger partial charge in [-0.15, -0.1) is 0 Å². The van der Waals surface area contributed by atoms with Gasteiger partial charge in [0.15, 0.2) is 5.76 Å². The van der Waals surface area contributed by atoms with Crippen LogP contribution in [0.5, 0.6) is 0 Å². The van der Waals surface area contributed by atoms with Gasteiger partial charge < -0.3 is 4.52 Å². The minimum Gasteiger partial charge on any atom is -0.360 e. The number of hydrogen-bond acceptors (Lipinski definition) is 4. The Balaban J connectivity index is 2.24. The molecular weight excluding hydrogens is 288 g/mol. The van der Waals surface area contributed by atoms with Crippen molar-refractivity contribution < 1.29 is 12.9 Å². The quantitative estimate of drug-likeness (QED) is 0.852. The zero-order chi connectivity index (χ0) is 15.6. The highest BCUT2D eigenvalue weighted by Gasteiger charge is 2.28. The lowest BCUT2D eigenvalue weighted by Crippen LogP contribution is -2.27. The van der Waals surface area contributed by atoms with Crippen molar-refractivity contribution in [2.24, 2.45) is 0 Å². The minimum atomic E-state index is -3.59. The van der Waals surface area contributed by atoms with Crippen molar-refractivity contribution in [3.63, 3.8) is 0 Å². The summed E-state index contributed by atoms with van der Waals surface area (Å²) in [6.07, 6.45) is 0.966. The summed E-state index contributed by atoms with van der Waals surface area (Å²) in [4.78, 5) is 0.162. The minimum absolute atomic E-state index is 0.162. The van der Waals surface area contributed by atoms with Gasteiger partial charge in [-0.1, -0.05) is 36.3 Å². The van der Waals surface area contributed by atoms with E-state index >= 15 is 0 Å². The molecule has 2 rings (SSSR count). The summed E-state index contributed by atoms with van der Waals surface area (Å²) in [5.41, 5.74) is 2.57. The van der Waals surface area contributed by atoms with Crippen LogP contribution in [0.4, 0.5) is 0 Å². The third-order valence-corrected chi connectivity index (χ3v) is 5.52. The summed E-state index contributed by atoms with van der Waals surface area (Å²) in [5, 5.41) is 3.71. The normalized spacial score (nSPS) is 12.0. The van der Waals surface area contributed by atoms with Crippen LogP contribution in [0.1, 0.15) is 29.5 Å². The van der Waals surface area contributed by atoms with Gasteiger partial charge in [-0.3, -0.25) is 0 Å². The molecule has 0 atom stereocenters. The third kappa shape index (κ3) is 3.16. The van der Waals surface area contributed by atoms with Crippen LogP contribution in [0, 0.1) is 13.8 Å². The van der Waals surface area contributed by atoms with E-state index in [9.17, 15) is 8.42 Å². The molecule has 1 aromatic heterocycles. The van der Waals surface area contributed by atoms with Gasteiger partial charge in [-0.25, -0.2) is 8.42 Å². The predicted octanol–water partition coefficient (Wildman–Crippen LogP) is 2.67. The first-order valence-electron chi connectivity index (χ1n) is 6.83. The molecular formula is C15H20N2O3S. The number of aromatic nitrogens is 1. The number of benzene rings is 1. The second-order valence-corrected chi connectivity index (χ2v) is 7.07. The van der Waals surface area contributed by atoms with Gasteiger partial charge in [0.1, 0.15) is 10.6 Å². The van der Waals surface area contributed by atoms with Gasteiger partial charge in [0.25, 0.3) is 0 Å². The van der Waals surface area contributed by atoms with E-state index in [-0.39, 0.29) is 4.90 Å². The maximum absolute atomic E-state index is 12.6. The molecule has 0 aliphatic heterocycles. The Hall–Kier alpha value is -1.66. The van der Waals surface area contributed by atoms with Crippen molar-refractivity contribution >= 4 is 10.0 Å². The van der Waals surface area contributed by atoms with Crippen LogP contribution in [-0.2, 0) is 23.0 Å². The Morgan fingerprint density at radius 3 is 2.19 bits per heavy atom. The fraction of sp³-hybridized carbons (Fsp3) is 0.400. The van der Waals surface area contributed by atoms with Gasteiger partial charge in [-0.05, 0) is 31.4 Å². The second kappa shape index (κ2) is 5.99. The van der Waals surface area contributed by atoms with Crippen molar-refractivity contribution in [1.82, 2.24) is 9.46 Å². The van der Waals surface area contributed by atoms with Crippen LogP contribution in [-0.4, -0.2) is 24.9 Å². The van der Waals surface area contributed by atoms with Gasteiger partial charge in [0.2, 0.25) is 10.0 Å². The Morgan fingerprint density at radius 2 is 1.71 bits per heavy atom. The number of nitrogens with zero attached hydrogens (tertiary/aromatic N) is 2. The van der Waals surface area contributed by atoms with E-state index in [1.807, 2.05) is 24.3 Å². The average Bonchev–Trinajstić information content (AvgIpc) is 2.79. The monoisotopic (exact) mass is 308 g/mol. The first-order valence-corrected chi connectivity index (χ1v) is 8.27. The second-order valence-electron chi connectivity index (χ2n) is 5.08. The van der Waals surface area contributed by atoms with Gasteiger partial charge in [0.05, 0.1) is 0 Å². The molecule has 2 aromatic rings. The standard InChI is InChI=1S/C15H20N2O3S/c1-5-13-6-8-14(9-7-13)10-17(4)21(18,19)15-11(2)16-20-12(15)3/h6-9H,5,10H2,1-4H3. The molecule has 1 aromatic carbocycles. The van der Waals surface area contributed by atoms with Crippen molar-refractivity contribution in [3.8, 4) is 0 Å². The SMILES string of the molecule is CCc1ccc(CN(C)S(=O)(=O)c2c(C)noc2C)cc1. The first kappa shape index (κ1) is 15.7. The Kier molecular flexibility index (Phi) is 4.49. The van der Waals surface area contributed by atoms with E-state index in [1.165, 1.54) is 9.87 Å². The maximum Gasteiger partial charge on any atom is 0.248 e. The fourth-order valence-corrected chi connectivity index (χ4v) is 3.66. The summed E-state index contributed by atoms with van der Waals surface area (Å²) >= 11 is 0. The Morgan fingerprint density at radius 1 is 1.14 bits per heavy atom. The fourth-order valence-electron chi connectivity index (χ4n) is 2.22. The lowest BCUT2D eigenvalue weighted by atomic mass is 10.1. The third-order valence-electron chi connectivity index (χ3n) is 3.47. The molecule has 0 spiro atoms. The highest BCUT2D eigenvalue weighted by atomic mass is 32.2. The molecule has 0 bridgehead atoms. The number of hydrogen-bond donors (Lipinski definition) is 0. The van der Waals surface area contributed by atoms with Crippen LogP contribution >= 0.6 is 0 Å². The molecule has 0 unspecified atom stereocenters. The van der Waals surface area contributed by atoms with E-state index in [0.717, 1.165) is 12.0 Å². The molecule has 0 radical (unpaired) electrons. The van der Waals surface area contributed by atoms with Crippen molar-refractivity contribution in [2.45, 2.75) is 38.6 Å². The number of sulfonamides is 1. The van der Waals surface area contributed by atoms with Crippen LogP contribution in [0.3, 0.4) is 0 Å². The Labute approximate surface area is 125 Å². The smallest absolute Gasteiger partial charge is 0.248 e. The average molecular weight is 308 g/mol. The molecule has 5 nitrogen and oxygen atoms in total. The summed E-state index contributed by atoms with van der Waals surface area (Å²) in [6, 6.07) is 7.95. The molecule has 21 heavy (non-hydrogen) atoms. The molecule has 0 amide bonds. The van der Waals surface area contributed by atoms with E-state index in [1.54, 1.807) is 20.9 Å². The van der Waals surface area contributed by atoms with Gasteiger partial charge in [0, 0.05) is 13.6 Å². The Bertz CT molecular complexity index is 698. The largest absolute Gasteiger partial charge is 0.360 e. The lowest BCUT2D eigenvalue weighted by molar-refractivity contribution is 0.389. The molecule has 114 valence electrons. The highest BCUT2D eigenvalue weighted by molar-refractivity contribution is 7.89. The summed E-state index contributed by atoms with van der Waals surface area (Å²) in [6.45, 7) is 5.64. The van der Waals surface area contributed by atoms with Crippen molar-refractivity contribution in [2.75, 3.05) is 7.05 Å². The van der Waals surface area contributed by atoms with E-state index in [4.69, 9.17) is 4.52 Å². The van der Waals surface area contributed by atoms with Crippen molar-refractivity contribution in [3.05, 3.63) is 46.8 Å². The molecule has 0 fully saturated rings. The van der Waals surface area contributed by atoms with Crippen LogP contribution in [0.25, 0.3) is 0 Å². The topological polar surface area (TPSA) is 63.4 Å². The zero-order valence-electron chi connectivity index (χ0n) is 12.8. The summed E-state index contributed by atoms with van der Waals surface area (Å²) in [7, 11) is -2.03. The van der Waals surface area contributed by atoms with E-state index in [2.05, 4.69) is 12.1 Å². The molecule has 0 N–H and O–H groups in total. The number of rotatable bonds is 5. The van der Waals surface area contributed by atoms with Gasteiger partial charge in [-0.2, -0.15) is 4.31 Å². The molecule has 0 aliphatic rings. The maximum atomic E-state index is 12.6. The molecule has 0 saturated carbocycles. The summed E-state index contributed by atoms with van der Waals surface area (Å²) in [5.74, 6) is 0.320. The lowest BCUT2D eigenvalue weighted by Gasteiger charge is -2.17. The molecule has 0 saturated heterocycles.